The van der Waals surface area contributed by atoms with Crippen molar-refractivity contribution in [2.45, 2.75) is 72.0 Å². The standard InChI is InChI=1S/C14H30N2/c1-11(2)10-13(5)15-8-9-16(12(3)4)14-6-7-14/h11-15H,6-10H2,1-5H3. The second kappa shape index (κ2) is 6.61. The van der Waals surface area contributed by atoms with E-state index in [2.05, 4.69) is 44.8 Å². The van der Waals surface area contributed by atoms with Gasteiger partial charge in [0.15, 0.2) is 0 Å². The van der Waals surface area contributed by atoms with E-state index in [4.69, 9.17) is 0 Å². The molecule has 0 aromatic rings. The van der Waals surface area contributed by atoms with Crippen molar-refractivity contribution in [2.75, 3.05) is 13.1 Å². The maximum atomic E-state index is 3.64. The van der Waals surface area contributed by atoms with Gasteiger partial charge in [-0.25, -0.2) is 0 Å². The molecule has 2 nitrogen and oxygen atoms in total. The smallest absolute Gasteiger partial charge is 0.0113 e. The first-order valence-corrected chi connectivity index (χ1v) is 6.99. The van der Waals surface area contributed by atoms with E-state index >= 15 is 0 Å². The van der Waals surface area contributed by atoms with E-state index in [0.717, 1.165) is 18.5 Å². The van der Waals surface area contributed by atoms with Gasteiger partial charge in [0, 0.05) is 31.2 Å². The second-order valence-corrected chi connectivity index (χ2v) is 6.05. The molecule has 0 heterocycles. The predicted molar refractivity (Wildman–Crippen MR) is 71.8 cm³/mol. The van der Waals surface area contributed by atoms with Crippen LogP contribution in [0.3, 0.4) is 0 Å². The van der Waals surface area contributed by atoms with E-state index in [1.165, 1.54) is 25.8 Å². The van der Waals surface area contributed by atoms with Crippen LogP contribution in [0, 0.1) is 5.92 Å². The van der Waals surface area contributed by atoms with Crippen LogP contribution in [0.4, 0.5) is 0 Å². The SMILES string of the molecule is CC(C)CC(C)NCCN(C(C)C)C1CC1. The lowest BCUT2D eigenvalue weighted by atomic mass is 10.1. The van der Waals surface area contributed by atoms with Gasteiger partial charge in [-0.3, -0.25) is 4.90 Å². The molecule has 0 aromatic carbocycles. The molecule has 0 amide bonds. The minimum absolute atomic E-state index is 0.660. The Kier molecular flexibility index (Phi) is 5.77. The van der Waals surface area contributed by atoms with E-state index in [0.29, 0.717) is 12.1 Å². The van der Waals surface area contributed by atoms with E-state index in [1.54, 1.807) is 0 Å². The predicted octanol–water partition coefficient (Wildman–Crippen LogP) is 2.88. The fraction of sp³-hybridized carbons (Fsp3) is 1.00. The van der Waals surface area contributed by atoms with E-state index < -0.39 is 0 Å². The van der Waals surface area contributed by atoms with Gasteiger partial charge in [-0.05, 0) is 46.0 Å². The van der Waals surface area contributed by atoms with Crippen molar-refractivity contribution < 1.29 is 0 Å². The van der Waals surface area contributed by atoms with Crippen LogP contribution in [0.2, 0.25) is 0 Å². The van der Waals surface area contributed by atoms with Crippen LogP contribution in [0.1, 0.15) is 53.9 Å². The summed E-state index contributed by atoms with van der Waals surface area (Å²) in [4.78, 5) is 2.65. The van der Waals surface area contributed by atoms with Gasteiger partial charge in [-0.1, -0.05) is 13.8 Å². The Morgan fingerprint density at radius 2 is 1.75 bits per heavy atom. The zero-order valence-corrected chi connectivity index (χ0v) is 11.8. The van der Waals surface area contributed by atoms with Crippen molar-refractivity contribution in [3.63, 3.8) is 0 Å². The van der Waals surface area contributed by atoms with Gasteiger partial charge in [-0.2, -0.15) is 0 Å². The highest BCUT2D eigenvalue weighted by Gasteiger charge is 2.29. The summed E-state index contributed by atoms with van der Waals surface area (Å²) in [6, 6.07) is 2.25. The quantitative estimate of drug-likeness (QED) is 0.684. The van der Waals surface area contributed by atoms with Crippen molar-refractivity contribution in [3.05, 3.63) is 0 Å². The molecule has 2 heteroatoms. The third-order valence-electron chi connectivity index (χ3n) is 3.37. The van der Waals surface area contributed by atoms with Gasteiger partial charge < -0.3 is 5.32 Å². The Morgan fingerprint density at radius 1 is 1.12 bits per heavy atom. The lowest BCUT2D eigenvalue weighted by Gasteiger charge is -2.27. The van der Waals surface area contributed by atoms with Crippen LogP contribution >= 0.6 is 0 Å². The van der Waals surface area contributed by atoms with Crippen LogP contribution < -0.4 is 5.32 Å². The molecule has 16 heavy (non-hydrogen) atoms. The van der Waals surface area contributed by atoms with Crippen molar-refractivity contribution in [1.82, 2.24) is 10.2 Å². The Balaban J connectivity index is 2.12. The van der Waals surface area contributed by atoms with Gasteiger partial charge in [0.2, 0.25) is 0 Å². The summed E-state index contributed by atoms with van der Waals surface area (Å²) >= 11 is 0. The molecule has 0 aliphatic heterocycles. The summed E-state index contributed by atoms with van der Waals surface area (Å²) in [6.07, 6.45) is 4.12. The molecule has 1 aliphatic carbocycles. The van der Waals surface area contributed by atoms with Crippen molar-refractivity contribution in [2.24, 2.45) is 5.92 Å². The van der Waals surface area contributed by atoms with Gasteiger partial charge in [0.25, 0.3) is 0 Å². The number of nitrogens with one attached hydrogen (secondary N) is 1. The van der Waals surface area contributed by atoms with Crippen LogP contribution in [0.5, 0.6) is 0 Å². The first-order valence-electron chi connectivity index (χ1n) is 6.99. The number of hydrogen-bond donors (Lipinski definition) is 1. The average molecular weight is 226 g/mol. The molecular weight excluding hydrogens is 196 g/mol. The Morgan fingerprint density at radius 3 is 2.19 bits per heavy atom. The molecule has 1 unspecified atom stereocenters. The average Bonchev–Trinajstić information content (AvgIpc) is 2.93. The molecule has 0 spiro atoms. The van der Waals surface area contributed by atoms with E-state index in [1.807, 2.05) is 0 Å². The summed E-state index contributed by atoms with van der Waals surface area (Å²) in [5, 5.41) is 3.64. The van der Waals surface area contributed by atoms with Crippen LogP contribution in [-0.4, -0.2) is 36.1 Å². The molecule has 1 N–H and O–H groups in total. The monoisotopic (exact) mass is 226 g/mol. The highest BCUT2D eigenvalue weighted by atomic mass is 15.2. The zero-order valence-electron chi connectivity index (χ0n) is 11.8. The van der Waals surface area contributed by atoms with Crippen LogP contribution in [-0.2, 0) is 0 Å². The van der Waals surface area contributed by atoms with Gasteiger partial charge in [-0.15, -0.1) is 0 Å². The third kappa shape index (κ3) is 5.31. The molecule has 0 saturated heterocycles. The fourth-order valence-corrected chi connectivity index (χ4v) is 2.50. The number of nitrogens with zero attached hydrogens (tertiary/aromatic N) is 1. The first-order chi connectivity index (χ1) is 7.50. The second-order valence-electron chi connectivity index (χ2n) is 6.05. The topological polar surface area (TPSA) is 15.3 Å². The summed E-state index contributed by atoms with van der Waals surface area (Å²) in [7, 11) is 0. The molecule has 96 valence electrons. The highest BCUT2D eigenvalue weighted by Crippen LogP contribution is 2.27. The minimum Gasteiger partial charge on any atom is -0.313 e. The summed E-state index contributed by atoms with van der Waals surface area (Å²) in [5.41, 5.74) is 0. The minimum atomic E-state index is 0.660. The van der Waals surface area contributed by atoms with Gasteiger partial charge >= 0.3 is 0 Å². The van der Waals surface area contributed by atoms with Gasteiger partial charge in [0.05, 0.1) is 0 Å². The molecule has 0 aromatic heterocycles. The van der Waals surface area contributed by atoms with E-state index in [9.17, 15) is 0 Å². The fourth-order valence-electron chi connectivity index (χ4n) is 2.50. The normalized spacial score (nSPS) is 18.8. The van der Waals surface area contributed by atoms with Crippen molar-refractivity contribution in [1.29, 1.82) is 0 Å². The van der Waals surface area contributed by atoms with Crippen molar-refractivity contribution >= 4 is 0 Å². The Labute approximate surface area is 102 Å². The summed E-state index contributed by atoms with van der Waals surface area (Å²) in [5.74, 6) is 0.798. The van der Waals surface area contributed by atoms with Gasteiger partial charge in [0.1, 0.15) is 0 Å². The van der Waals surface area contributed by atoms with Crippen molar-refractivity contribution in [3.8, 4) is 0 Å². The van der Waals surface area contributed by atoms with E-state index in [-0.39, 0.29) is 0 Å². The Hall–Kier alpha value is -0.0800. The van der Waals surface area contributed by atoms with Crippen LogP contribution in [0.15, 0.2) is 0 Å². The first kappa shape index (κ1) is 14.0. The molecule has 0 bridgehead atoms. The maximum absolute atomic E-state index is 3.64. The Bertz CT molecular complexity index is 183. The van der Waals surface area contributed by atoms with Crippen LogP contribution in [0.25, 0.3) is 0 Å². The molecule has 1 atom stereocenters. The number of rotatable bonds is 8. The summed E-state index contributed by atoms with van der Waals surface area (Å²) < 4.78 is 0. The zero-order chi connectivity index (χ0) is 12.1. The lowest BCUT2D eigenvalue weighted by molar-refractivity contribution is 0.208. The lowest BCUT2D eigenvalue weighted by Crippen LogP contribution is -2.40. The number of hydrogen-bond acceptors (Lipinski definition) is 2. The largest absolute Gasteiger partial charge is 0.313 e. The molecule has 1 aliphatic rings. The molecule has 1 rings (SSSR count). The molecule has 0 radical (unpaired) electrons. The molecule has 1 saturated carbocycles. The third-order valence-corrected chi connectivity index (χ3v) is 3.37. The highest BCUT2D eigenvalue weighted by molar-refractivity contribution is 4.86. The maximum Gasteiger partial charge on any atom is 0.0113 e. The molecule has 1 fully saturated rings. The summed E-state index contributed by atoms with van der Waals surface area (Å²) in [6.45, 7) is 13.9. The molecular formula is C14H30N2.